The number of anilines is 1. The van der Waals surface area contributed by atoms with Crippen LogP contribution in [-0.2, 0) is 25.6 Å². The zero-order chi connectivity index (χ0) is 32.8. The molecule has 0 aliphatic heterocycles. The van der Waals surface area contributed by atoms with E-state index < -0.39 is 36.5 Å². The van der Waals surface area contributed by atoms with E-state index in [1.54, 1.807) is 24.3 Å². The van der Waals surface area contributed by atoms with E-state index >= 15 is 0 Å². The topological polar surface area (TPSA) is 171 Å². The summed E-state index contributed by atoms with van der Waals surface area (Å²) in [5.41, 5.74) is 7.26. The van der Waals surface area contributed by atoms with Gasteiger partial charge in [-0.15, -0.1) is 0 Å². The number of aliphatic hydroxyl groups is 2. The van der Waals surface area contributed by atoms with Gasteiger partial charge in [-0.3, -0.25) is 19.2 Å². The molecule has 0 aliphatic carbocycles. The lowest BCUT2D eigenvalue weighted by molar-refractivity contribution is -0.154. The number of hydrogen-bond donors (Lipinski definition) is 5. The van der Waals surface area contributed by atoms with Crippen molar-refractivity contribution in [2.75, 3.05) is 25.1 Å². The van der Waals surface area contributed by atoms with E-state index in [1.165, 1.54) is 0 Å². The molecule has 11 nitrogen and oxygen atoms in total. The fourth-order valence-corrected chi connectivity index (χ4v) is 4.86. The van der Waals surface area contributed by atoms with E-state index in [0.29, 0.717) is 35.5 Å². The van der Waals surface area contributed by atoms with E-state index in [4.69, 9.17) is 15.6 Å². The monoisotopic (exact) mass is 620 g/mol. The maximum atomic E-state index is 12.6. The fraction of sp³-hybridized carbons (Fsp3) is 0.412. The van der Waals surface area contributed by atoms with E-state index in [0.717, 1.165) is 36.3 Å². The van der Waals surface area contributed by atoms with Gasteiger partial charge in [0.25, 0.3) is 5.91 Å². The van der Waals surface area contributed by atoms with Crippen LogP contribution in [0, 0.1) is 0 Å². The van der Waals surface area contributed by atoms with Crippen molar-refractivity contribution in [2.45, 2.75) is 70.6 Å². The lowest BCUT2D eigenvalue weighted by Crippen LogP contribution is -2.50. The molecule has 4 amide bonds. The summed E-state index contributed by atoms with van der Waals surface area (Å²) in [6.45, 7) is 3.24. The maximum Gasteiger partial charge on any atom is 0.253 e. The highest BCUT2D eigenvalue weighted by Gasteiger charge is 2.29. The predicted octanol–water partition coefficient (Wildman–Crippen LogP) is 2.91. The van der Waals surface area contributed by atoms with Crippen molar-refractivity contribution in [1.29, 1.82) is 0 Å². The van der Waals surface area contributed by atoms with Crippen molar-refractivity contribution in [3.05, 3.63) is 72.3 Å². The standard InChI is InChI=1S/C34H44N4O7/c1-23(36-21-28(41)22-45-31-12-7-10-26-9-4-5-11-29(26)31)8-3-6-13-32(42)37-27-16-14-25(15-17-27)20-30(35)34(44)38(24(2)40)33(43)18-19-39/h4-5,7,9-12,14-17,23,28,30,36,39,41H,3,6,8,13,18-22,35H2,1-2H3,(H,37,42)/t23?,28?,30-/m0/s1. The Hall–Kier alpha value is -4.16. The molecule has 0 saturated carbocycles. The third kappa shape index (κ3) is 11.4. The fourth-order valence-electron chi connectivity index (χ4n) is 4.86. The lowest BCUT2D eigenvalue weighted by Gasteiger charge is -2.21. The Kier molecular flexibility index (Phi) is 14.1. The summed E-state index contributed by atoms with van der Waals surface area (Å²) < 4.78 is 5.87. The first-order valence-corrected chi connectivity index (χ1v) is 15.2. The summed E-state index contributed by atoms with van der Waals surface area (Å²) in [5.74, 6) is -1.75. The highest BCUT2D eigenvalue weighted by molar-refractivity contribution is 6.11. The van der Waals surface area contributed by atoms with Gasteiger partial charge in [0, 0.05) is 37.0 Å². The molecule has 3 aromatic carbocycles. The molecule has 0 bridgehead atoms. The largest absolute Gasteiger partial charge is 0.490 e. The van der Waals surface area contributed by atoms with Crippen LogP contribution in [0.25, 0.3) is 10.8 Å². The van der Waals surface area contributed by atoms with Crippen LogP contribution >= 0.6 is 0 Å². The second-order valence-electron chi connectivity index (χ2n) is 11.1. The van der Waals surface area contributed by atoms with Crippen LogP contribution in [0.3, 0.4) is 0 Å². The number of hydrogen-bond acceptors (Lipinski definition) is 9. The number of nitrogens with one attached hydrogen (secondary N) is 2. The SMILES string of the molecule is CC(=O)N(C(=O)CCO)C(=O)[C@@H](N)Cc1ccc(NC(=O)CCCCC(C)NCC(O)COc2cccc3ccccc23)cc1. The first kappa shape index (κ1) is 35.3. The predicted molar refractivity (Wildman–Crippen MR) is 172 cm³/mol. The quantitative estimate of drug-likeness (QED) is 0.142. The smallest absolute Gasteiger partial charge is 0.253 e. The highest BCUT2D eigenvalue weighted by Crippen LogP contribution is 2.25. The molecule has 0 saturated heterocycles. The molecule has 3 aromatic rings. The molecule has 6 N–H and O–H groups in total. The molecule has 0 radical (unpaired) electrons. The van der Waals surface area contributed by atoms with Crippen LogP contribution in [0.15, 0.2) is 66.7 Å². The van der Waals surface area contributed by atoms with Crippen molar-refractivity contribution in [3.8, 4) is 5.75 Å². The molecule has 45 heavy (non-hydrogen) atoms. The highest BCUT2D eigenvalue weighted by atomic mass is 16.5. The average Bonchev–Trinajstić information content (AvgIpc) is 3.02. The Morgan fingerprint density at radius 1 is 0.956 bits per heavy atom. The van der Waals surface area contributed by atoms with E-state index in [1.807, 2.05) is 49.4 Å². The van der Waals surface area contributed by atoms with Crippen molar-refractivity contribution in [3.63, 3.8) is 0 Å². The normalized spacial score (nSPS) is 13.1. The maximum absolute atomic E-state index is 12.6. The third-order valence-electron chi connectivity index (χ3n) is 7.29. The van der Waals surface area contributed by atoms with Gasteiger partial charge < -0.3 is 31.3 Å². The summed E-state index contributed by atoms with van der Waals surface area (Å²) in [6.07, 6.45) is 1.84. The number of carbonyl (C=O) groups is 4. The Bertz CT molecular complexity index is 1420. The summed E-state index contributed by atoms with van der Waals surface area (Å²) in [6, 6.07) is 19.7. The minimum Gasteiger partial charge on any atom is -0.490 e. The minimum atomic E-state index is -1.12. The Morgan fingerprint density at radius 3 is 2.38 bits per heavy atom. The number of aliphatic hydroxyl groups excluding tert-OH is 2. The molecule has 242 valence electrons. The van der Waals surface area contributed by atoms with Crippen LogP contribution in [0.5, 0.6) is 5.75 Å². The number of ether oxygens (including phenoxy) is 1. The minimum absolute atomic E-state index is 0.0870. The summed E-state index contributed by atoms with van der Waals surface area (Å²) in [7, 11) is 0. The molecule has 0 spiro atoms. The van der Waals surface area contributed by atoms with Crippen LogP contribution in [-0.4, -0.2) is 76.7 Å². The molecule has 2 unspecified atom stereocenters. The second-order valence-corrected chi connectivity index (χ2v) is 11.1. The van der Waals surface area contributed by atoms with Crippen molar-refractivity contribution < 1.29 is 34.1 Å². The molecule has 0 aromatic heterocycles. The van der Waals surface area contributed by atoms with Gasteiger partial charge in [-0.25, -0.2) is 4.90 Å². The van der Waals surface area contributed by atoms with Crippen LogP contribution in [0.4, 0.5) is 5.69 Å². The molecule has 0 aliphatic rings. The molecule has 3 rings (SSSR count). The summed E-state index contributed by atoms with van der Waals surface area (Å²) in [5, 5.41) is 27.6. The Labute approximate surface area is 263 Å². The third-order valence-corrected chi connectivity index (χ3v) is 7.29. The molecule has 3 atom stereocenters. The van der Waals surface area contributed by atoms with Gasteiger partial charge in [0.05, 0.1) is 19.1 Å². The number of imide groups is 3. The average molecular weight is 621 g/mol. The van der Waals surface area contributed by atoms with Gasteiger partial charge in [-0.1, -0.05) is 55.0 Å². The molecular formula is C34H44N4O7. The number of unbranched alkanes of at least 4 members (excludes halogenated alkanes) is 1. The van der Waals surface area contributed by atoms with Gasteiger partial charge in [0.2, 0.25) is 17.7 Å². The Balaban J connectivity index is 1.31. The number of rotatable bonds is 17. The Morgan fingerprint density at radius 2 is 1.67 bits per heavy atom. The first-order valence-electron chi connectivity index (χ1n) is 15.2. The van der Waals surface area contributed by atoms with Crippen molar-refractivity contribution >= 4 is 40.1 Å². The number of fused-ring (bicyclic) bond motifs is 1. The number of amides is 4. The van der Waals surface area contributed by atoms with Gasteiger partial charge in [0.15, 0.2) is 0 Å². The summed E-state index contributed by atoms with van der Waals surface area (Å²) in [4.78, 5) is 49.2. The number of carbonyl (C=O) groups excluding carboxylic acids is 4. The zero-order valence-electron chi connectivity index (χ0n) is 25.9. The first-order chi connectivity index (χ1) is 21.6. The number of nitrogens with zero attached hydrogens (tertiary/aromatic N) is 1. The lowest BCUT2D eigenvalue weighted by atomic mass is 10.0. The van der Waals surface area contributed by atoms with Crippen molar-refractivity contribution in [1.82, 2.24) is 10.2 Å². The van der Waals surface area contributed by atoms with Crippen LogP contribution < -0.4 is 21.1 Å². The van der Waals surface area contributed by atoms with E-state index in [2.05, 4.69) is 10.6 Å². The molecule has 0 fully saturated rings. The zero-order valence-corrected chi connectivity index (χ0v) is 25.9. The van der Waals surface area contributed by atoms with Crippen molar-refractivity contribution in [2.24, 2.45) is 5.73 Å². The molecule has 0 heterocycles. The molecule has 11 heteroatoms. The van der Waals surface area contributed by atoms with E-state index in [-0.39, 0.29) is 31.4 Å². The van der Waals surface area contributed by atoms with Crippen LogP contribution in [0.1, 0.15) is 51.5 Å². The van der Waals surface area contributed by atoms with Gasteiger partial charge >= 0.3 is 0 Å². The molecular weight excluding hydrogens is 576 g/mol. The second kappa shape index (κ2) is 18.0. The van der Waals surface area contributed by atoms with Gasteiger partial charge in [-0.05, 0) is 55.3 Å². The number of benzene rings is 3. The van der Waals surface area contributed by atoms with Gasteiger partial charge in [-0.2, -0.15) is 0 Å². The number of nitrogens with two attached hydrogens (primary N) is 1. The van der Waals surface area contributed by atoms with Gasteiger partial charge in [0.1, 0.15) is 18.5 Å². The summed E-state index contributed by atoms with van der Waals surface area (Å²) >= 11 is 0. The van der Waals surface area contributed by atoms with Crippen LogP contribution in [0.2, 0.25) is 0 Å². The van der Waals surface area contributed by atoms with E-state index in [9.17, 15) is 24.3 Å².